The van der Waals surface area contributed by atoms with Gasteiger partial charge in [-0.05, 0) is 36.4 Å². The Bertz CT molecular complexity index is 1140. The standard InChI is InChI=1S/C25H24N2O4/c1-28-17-8-6-7-16(13-17)21-15-22-19-9-4-5-10-24(19)31-25(27(22)26-21)20-14-18(29-2)11-12-23(20)30-3/h4-14,22,25H,15H2,1-3H3. The van der Waals surface area contributed by atoms with Gasteiger partial charge in [0.2, 0.25) is 6.23 Å². The van der Waals surface area contributed by atoms with Crippen LogP contribution in [0, 0.1) is 0 Å². The van der Waals surface area contributed by atoms with Crippen molar-refractivity contribution in [1.29, 1.82) is 0 Å². The van der Waals surface area contributed by atoms with Gasteiger partial charge in [-0.3, -0.25) is 0 Å². The van der Waals surface area contributed by atoms with Crippen molar-refractivity contribution in [2.24, 2.45) is 5.10 Å². The third-order valence-corrected chi connectivity index (χ3v) is 5.80. The molecule has 0 amide bonds. The molecule has 2 atom stereocenters. The fraction of sp³-hybridized carbons (Fsp3) is 0.240. The number of ether oxygens (including phenoxy) is 4. The van der Waals surface area contributed by atoms with E-state index in [1.54, 1.807) is 21.3 Å². The van der Waals surface area contributed by atoms with E-state index >= 15 is 0 Å². The molecule has 0 fully saturated rings. The van der Waals surface area contributed by atoms with Crippen LogP contribution >= 0.6 is 0 Å². The first kappa shape index (κ1) is 19.3. The zero-order valence-electron chi connectivity index (χ0n) is 17.7. The highest BCUT2D eigenvalue weighted by molar-refractivity contribution is 6.02. The Hall–Kier alpha value is -3.67. The second-order valence-electron chi connectivity index (χ2n) is 7.49. The normalized spacial score (nSPS) is 19.1. The SMILES string of the molecule is COc1cccc(C2=NN3C(C2)c2ccccc2OC3c2cc(OC)ccc2OC)c1. The molecule has 0 spiro atoms. The Morgan fingerprint density at radius 3 is 2.45 bits per heavy atom. The molecule has 0 N–H and O–H groups in total. The number of benzene rings is 3. The fourth-order valence-electron chi connectivity index (χ4n) is 4.25. The first-order valence-electron chi connectivity index (χ1n) is 10.2. The van der Waals surface area contributed by atoms with E-state index in [-0.39, 0.29) is 6.04 Å². The quantitative estimate of drug-likeness (QED) is 0.589. The molecule has 2 heterocycles. The lowest BCUT2D eigenvalue weighted by Crippen LogP contribution is -2.33. The molecule has 0 saturated heterocycles. The monoisotopic (exact) mass is 416 g/mol. The van der Waals surface area contributed by atoms with Gasteiger partial charge in [0, 0.05) is 17.5 Å². The molecule has 0 saturated carbocycles. The smallest absolute Gasteiger partial charge is 0.217 e. The summed E-state index contributed by atoms with van der Waals surface area (Å²) in [5.41, 5.74) is 4.04. The van der Waals surface area contributed by atoms with Crippen molar-refractivity contribution >= 4 is 5.71 Å². The number of hydrazone groups is 1. The lowest BCUT2D eigenvalue weighted by Gasteiger charge is -2.38. The van der Waals surface area contributed by atoms with Gasteiger partial charge in [0.15, 0.2) is 0 Å². The number of fused-ring (bicyclic) bond motifs is 3. The minimum absolute atomic E-state index is 0.0621. The summed E-state index contributed by atoms with van der Waals surface area (Å²) in [6.45, 7) is 0. The molecule has 6 heteroatoms. The van der Waals surface area contributed by atoms with Crippen LogP contribution in [0.3, 0.4) is 0 Å². The average Bonchev–Trinajstić information content (AvgIpc) is 3.29. The van der Waals surface area contributed by atoms with Crippen molar-refractivity contribution in [3.63, 3.8) is 0 Å². The van der Waals surface area contributed by atoms with E-state index in [2.05, 4.69) is 12.1 Å². The Morgan fingerprint density at radius 1 is 0.839 bits per heavy atom. The highest BCUT2D eigenvalue weighted by Gasteiger charge is 2.42. The zero-order chi connectivity index (χ0) is 21.4. The molecule has 2 aliphatic heterocycles. The van der Waals surface area contributed by atoms with Crippen LogP contribution < -0.4 is 18.9 Å². The summed E-state index contributed by atoms with van der Waals surface area (Å²) in [6, 6.07) is 21.9. The molecule has 3 aromatic carbocycles. The van der Waals surface area contributed by atoms with Crippen LogP contribution in [-0.4, -0.2) is 32.0 Å². The topological polar surface area (TPSA) is 52.5 Å². The number of nitrogens with zero attached hydrogens (tertiary/aromatic N) is 2. The lowest BCUT2D eigenvalue weighted by atomic mass is 9.95. The van der Waals surface area contributed by atoms with Gasteiger partial charge in [0.05, 0.1) is 38.6 Å². The Labute approximate surface area is 181 Å². The number of para-hydroxylation sites is 1. The summed E-state index contributed by atoms with van der Waals surface area (Å²) in [5.74, 6) is 3.15. The van der Waals surface area contributed by atoms with Gasteiger partial charge < -0.3 is 18.9 Å². The van der Waals surface area contributed by atoms with E-state index in [0.717, 1.165) is 51.8 Å². The maximum Gasteiger partial charge on any atom is 0.217 e. The van der Waals surface area contributed by atoms with Crippen molar-refractivity contribution < 1.29 is 18.9 Å². The van der Waals surface area contributed by atoms with Crippen molar-refractivity contribution in [3.05, 3.63) is 83.4 Å². The van der Waals surface area contributed by atoms with Crippen molar-refractivity contribution in [1.82, 2.24) is 5.01 Å². The minimum atomic E-state index is -0.437. The molecule has 0 aliphatic carbocycles. The van der Waals surface area contributed by atoms with Crippen LogP contribution in [0.25, 0.3) is 0 Å². The first-order chi connectivity index (χ1) is 15.2. The maximum atomic E-state index is 6.46. The largest absolute Gasteiger partial charge is 0.497 e. The summed E-state index contributed by atoms with van der Waals surface area (Å²) in [7, 11) is 4.99. The van der Waals surface area contributed by atoms with E-state index in [0.29, 0.717) is 0 Å². The summed E-state index contributed by atoms with van der Waals surface area (Å²) in [5, 5.41) is 7.05. The predicted octanol–water partition coefficient (Wildman–Crippen LogP) is 4.95. The molecule has 2 aliphatic rings. The van der Waals surface area contributed by atoms with Crippen LogP contribution in [-0.2, 0) is 0 Å². The van der Waals surface area contributed by atoms with Crippen molar-refractivity contribution in [2.45, 2.75) is 18.7 Å². The molecule has 2 unspecified atom stereocenters. The molecular formula is C25H24N2O4. The molecule has 31 heavy (non-hydrogen) atoms. The molecule has 6 nitrogen and oxygen atoms in total. The van der Waals surface area contributed by atoms with Gasteiger partial charge in [-0.1, -0.05) is 30.3 Å². The second kappa shape index (κ2) is 7.87. The van der Waals surface area contributed by atoms with E-state index in [1.165, 1.54) is 0 Å². The molecule has 3 aromatic rings. The van der Waals surface area contributed by atoms with Crippen LogP contribution in [0.1, 0.15) is 35.4 Å². The third-order valence-electron chi connectivity index (χ3n) is 5.80. The number of rotatable bonds is 5. The van der Waals surface area contributed by atoms with Gasteiger partial charge in [-0.25, -0.2) is 5.01 Å². The van der Waals surface area contributed by atoms with Gasteiger partial charge >= 0.3 is 0 Å². The van der Waals surface area contributed by atoms with Crippen LogP contribution in [0.4, 0.5) is 0 Å². The van der Waals surface area contributed by atoms with E-state index in [1.807, 2.05) is 59.6 Å². The van der Waals surface area contributed by atoms with Crippen molar-refractivity contribution in [3.8, 4) is 23.0 Å². The lowest BCUT2D eigenvalue weighted by molar-refractivity contribution is -0.0204. The number of hydrogen-bond donors (Lipinski definition) is 0. The Kier molecular flexibility index (Phi) is 4.90. The highest BCUT2D eigenvalue weighted by atomic mass is 16.5. The predicted molar refractivity (Wildman–Crippen MR) is 118 cm³/mol. The highest BCUT2D eigenvalue weighted by Crippen LogP contribution is 2.49. The molecule has 5 rings (SSSR count). The fourth-order valence-corrected chi connectivity index (χ4v) is 4.25. The third kappa shape index (κ3) is 3.34. The molecular weight excluding hydrogens is 392 g/mol. The van der Waals surface area contributed by atoms with Gasteiger partial charge in [0.25, 0.3) is 0 Å². The summed E-state index contributed by atoms with van der Waals surface area (Å²) >= 11 is 0. The number of methoxy groups -OCH3 is 3. The number of hydrogen-bond acceptors (Lipinski definition) is 6. The minimum Gasteiger partial charge on any atom is -0.497 e. The summed E-state index contributed by atoms with van der Waals surface area (Å²) in [6.07, 6.45) is 0.337. The molecule has 158 valence electrons. The molecule has 0 radical (unpaired) electrons. The van der Waals surface area contributed by atoms with Gasteiger partial charge in [0.1, 0.15) is 23.0 Å². The van der Waals surface area contributed by atoms with Crippen molar-refractivity contribution in [2.75, 3.05) is 21.3 Å². The Balaban J connectivity index is 1.62. The van der Waals surface area contributed by atoms with E-state index in [9.17, 15) is 0 Å². The van der Waals surface area contributed by atoms with Crippen LogP contribution in [0.5, 0.6) is 23.0 Å². The first-order valence-corrected chi connectivity index (χ1v) is 10.2. The van der Waals surface area contributed by atoms with Gasteiger partial charge in [-0.2, -0.15) is 5.10 Å². The average molecular weight is 416 g/mol. The summed E-state index contributed by atoms with van der Waals surface area (Å²) < 4.78 is 23.0. The van der Waals surface area contributed by atoms with Crippen LogP contribution in [0.2, 0.25) is 0 Å². The maximum absolute atomic E-state index is 6.46. The zero-order valence-corrected chi connectivity index (χ0v) is 17.7. The van der Waals surface area contributed by atoms with E-state index in [4.69, 9.17) is 24.0 Å². The second-order valence-corrected chi connectivity index (χ2v) is 7.49. The molecule has 0 aromatic heterocycles. The molecule has 0 bridgehead atoms. The van der Waals surface area contributed by atoms with Crippen LogP contribution in [0.15, 0.2) is 71.8 Å². The summed E-state index contributed by atoms with van der Waals surface area (Å²) in [4.78, 5) is 0. The van der Waals surface area contributed by atoms with Gasteiger partial charge in [-0.15, -0.1) is 0 Å². The Morgan fingerprint density at radius 2 is 1.65 bits per heavy atom. The van der Waals surface area contributed by atoms with E-state index < -0.39 is 6.23 Å².